The Morgan fingerprint density at radius 2 is 2.00 bits per heavy atom. The molecule has 1 heterocycles. The molecular formula is C12H15Br2ClN2O3. The van der Waals surface area contributed by atoms with Crippen molar-refractivity contribution < 1.29 is 9.66 Å². The highest BCUT2D eigenvalue weighted by atomic mass is 79.9. The summed E-state index contributed by atoms with van der Waals surface area (Å²) in [6.45, 7) is 1.59. The third-order valence-corrected chi connectivity index (χ3v) is 4.21. The molecule has 1 aromatic carbocycles. The van der Waals surface area contributed by atoms with Crippen molar-refractivity contribution in [1.82, 2.24) is 5.32 Å². The van der Waals surface area contributed by atoms with Crippen LogP contribution in [0.15, 0.2) is 21.1 Å². The highest BCUT2D eigenvalue weighted by Crippen LogP contribution is 2.37. The summed E-state index contributed by atoms with van der Waals surface area (Å²) < 4.78 is 6.94. The topological polar surface area (TPSA) is 64.4 Å². The lowest BCUT2D eigenvalue weighted by Gasteiger charge is -2.24. The van der Waals surface area contributed by atoms with E-state index in [0.717, 1.165) is 13.0 Å². The Bertz CT molecular complexity index is 459. The summed E-state index contributed by atoms with van der Waals surface area (Å²) in [5, 5.41) is 14.1. The van der Waals surface area contributed by atoms with Gasteiger partial charge in [-0.25, -0.2) is 0 Å². The van der Waals surface area contributed by atoms with E-state index in [-0.39, 0.29) is 18.1 Å². The van der Waals surface area contributed by atoms with Gasteiger partial charge in [-0.05, 0) is 51.2 Å². The average molecular weight is 431 g/mol. The van der Waals surface area contributed by atoms with E-state index in [0.29, 0.717) is 27.3 Å². The fourth-order valence-electron chi connectivity index (χ4n) is 2.04. The van der Waals surface area contributed by atoms with Crippen LogP contribution in [0.25, 0.3) is 0 Å². The van der Waals surface area contributed by atoms with Crippen LogP contribution in [0, 0.1) is 10.1 Å². The van der Waals surface area contributed by atoms with Gasteiger partial charge in [-0.2, -0.15) is 0 Å². The monoisotopic (exact) mass is 428 g/mol. The summed E-state index contributed by atoms with van der Waals surface area (Å²) in [6, 6.07) is 3.26. The molecule has 112 valence electrons. The van der Waals surface area contributed by atoms with Crippen molar-refractivity contribution in [2.45, 2.75) is 25.3 Å². The number of benzene rings is 1. The molecule has 0 saturated carbocycles. The van der Waals surface area contributed by atoms with Crippen LogP contribution < -0.4 is 10.1 Å². The minimum Gasteiger partial charge on any atom is -0.490 e. The normalized spacial score (nSPS) is 18.2. The van der Waals surface area contributed by atoms with Crippen LogP contribution in [-0.2, 0) is 0 Å². The van der Waals surface area contributed by atoms with Gasteiger partial charge in [-0.3, -0.25) is 10.1 Å². The van der Waals surface area contributed by atoms with Crippen LogP contribution in [0.2, 0.25) is 0 Å². The number of halogens is 3. The zero-order chi connectivity index (χ0) is 13.8. The average Bonchev–Trinajstić information content (AvgIpc) is 2.38. The molecule has 20 heavy (non-hydrogen) atoms. The molecule has 1 N–H and O–H groups in total. The van der Waals surface area contributed by atoms with E-state index in [1.165, 1.54) is 25.0 Å². The molecule has 5 nitrogen and oxygen atoms in total. The fraction of sp³-hybridized carbons (Fsp3) is 0.500. The smallest absolute Gasteiger partial charge is 0.271 e. The number of piperidine rings is 1. The Labute approximate surface area is 140 Å². The number of rotatable bonds is 4. The first-order valence-electron chi connectivity index (χ1n) is 6.07. The molecule has 1 saturated heterocycles. The summed E-state index contributed by atoms with van der Waals surface area (Å²) in [6.07, 6.45) is 3.52. The maximum Gasteiger partial charge on any atom is 0.271 e. The first-order valence-corrected chi connectivity index (χ1v) is 7.66. The number of ether oxygens (including phenoxy) is 1. The van der Waals surface area contributed by atoms with Crippen molar-refractivity contribution in [3.05, 3.63) is 31.2 Å². The van der Waals surface area contributed by atoms with Crippen molar-refractivity contribution in [3.63, 3.8) is 0 Å². The molecule has 1 aliphatic rings. The maximum absolute atomic E-state index is 10.7. The lowest BCUT2D eigenvalue weighted by molar-refractivity contribution is -0.385. The number of nitro benzene ring substituents is 1. The molecule has 2 rings (SSSR count). The zero-order valence-corrected chi connectivity index (χ0v) is 14.6. The number of nitrogens with zero attached hydrogens (tertiary/aromatic N) is 1. The predicted molar refractivity (Wildman–Crippen MR) is 86.9 cm³/mol. The van der Waals surface area contributed by atoms with Gasteiger partial charge < -0.3 is 10.1 Å². The van der Waals surface area contributed by atoms with E-state index in [1.807, 2.05) is 0 Å². The van der Waals surface area contributed by atoms with Gasteiger partial charge in [0.25, 0.3) is 5.69 Å². The van der Waals surface area contributed by atoms with E-state index in [9.17, 15) is 10.1 Å². The molecule has 8 heteroatoms. The first kappa shape index (κ1) is 17.7. The van der Waals surface area contributed by atoms with Gasteiger partial charge >= 0.3 is 0 Å². The molecule has 0 aromatic heterocycles. The summed E-state index contributed by atoms with van der Waals surface area (Å²) in [5.74, 6) is 0.609. The van der Waals surface area contributed by atoms with Crippen molar-refractivity contribution in [1.29, 1.82) is 0 Å². The van der Waals surface area contributed by atoms with Crippen LogP contribution in [0.5, 0.6) is 5.75 Å². The number of non-ortho nitro benzene ring substituents is 1. The molecular weight excluding hydrogens is 415 g/mol. The fourth-order valence-corrected chi connectivity index (χ4v) is 3.43. The minimum absolute atomic E-state index is 0. The van der Waals surface area contributed by atoms with Gasteiger partial charge in [0.15, 0.2) is 0 Å². The molecule has 1 fully saturated rings. The second-order valence-corrected chi connectivity index (χ2v) is 6.16. The quantitative estimate of drug-likeness (QED) is 0.578. The molecule has 1 unspecified atom stereocenters. The SMILES string of the molecule is Cl.O=[N+]([O-])c1cc(Br)c(OCC2CCCCN2)c(Br)c1. The van der Waals surface area contributed by atoms with Gasteiger partial charge in [-0.1, -0.05) is 6.42 Å². The Morgan fingerprint density at radius 3 is 2.50 bits per heavy atom. The molecule has 0 bridgehead atoms. The van der Waals surface area contributed by atoms with E-state index >= 15 is 0 Å². The largest absolute Gasteiger partial charge is 0.490 e. The highest BCUT2D eigenvalue weighted by molar-refractivity contribution is 9.11. The van der Waals surface area contributed by atoms with E-state index in [1.54, 1.807) is 0 Å². The number of hydrogen-bond acceptors (Lipinski definition) is 4. The molecule has 1 aromatic rings. The van der Waals surface area contributed by atoms with Crippen molar-refractivity contribution >= 4 is 50.0 Å². The number of nitrogens with one attached hydrogen (secondary N) is 1. The summed E-state index contributed by atoms with van der Waals surface area (Å²) in [4.78, 5) is 10.3. The summed E-state index contributed by atoms with van der Waals surface area (Å²) >= 11 is 6.62. The van der Waals surface area contributed by atoms with Crippen LogP contribution in [0.1, 0.15) is 19.3 Å². The predicted octanol–water partition coefficient (Wildman–Crippen LogP) is 4.06. The minimum atomic E-state index is -0.429. The zero-order valence-electron chi connectivity index (χ0n) is 10.6. The molecule has 0 aliphatic carbocycles. The Hall–Kier alpha value is -0.370. The standard InChI is InChI=1S/C12H14Br2N2O3.ClH/c13-10-5-9(16(17)18)6-11(14)12(10)19-7-8-3-1-2-4-15-8;/h5-6,8,15H,1-4,7H2;1H. The first-order chi connectivity index (χ1) is 9.08. The Kier molecular flexibility index (Phi) is 7.22. The van der Waals surface area contributed by atoms with Crippen LogP contribution in [-0.4, -0.2) is 24.1 Å². The number of hydrogen-bond donors (Lipinski definition) is 1. The maximum atomic E-state index is 10.7. The van der Waals surface area contributed by atoms with Gasteiger partial charge in [-0.15, -0.1) is 12.4 Å². The second-order valence-electron chi connectivity index (χ2n) is 4.45. The van der Waals surface area contributed by atoms with Gasteiger partial charge in [0.2, 0.25) is 0 Å². The third-order valence-electron chi connectivity index (χ3n) is 3.04. The molecule has 0 radical (unpaired) electrons. The van der Waals surface area contributed by atoms with Gasteiger partial charge in [0.1, 0.15) is 12.4 Å². The second kappa shape index (κ2) is 8.17. The molecule has 0 spiro atoms. The van der Waals surface area contributed by atoms with E-state index in [4.69, 9.17) is 4.74 Å². The summed E-state index contributed by atoms with van der Waals surface area (Å²) in [5.41, 5.74) is 0.0295. The van der Waals surface area contributed by atoms with Gasteiger partial charge in [0.05, 0.1) is 13.9 Å². The molecule has 1 aliphatic heterocycles. The van der Waals surface area contributed by atoms with Crippen LogP contribution in [0.4, 0.5) is 5.69 Å². The van der Waals surface area contributed by atoms with Crippen molar-refractivity contribution in [2.75, 3.05) is 13.2 Å². The highest BCUT2D eigenvalue weighted by Gasteiger charge is 2.18. The van der Waals surface area contributed by atoms with Crippen molar-refractivity contribution in [3.8, 4) is 5.75 Å². The van der Waals surface area contributed by atoms with E-state index in [2.05, 4.69) is 37.2 Å². The lowest BCUT2D eigenvalue weighted by atomic mass is 10.1. The van der Waals surface area contributed by atoms with Gasteiger partial charge in [0, 0.05) is 18.2 Å². The Balaban J connectivity index is 0.00000200. The van der Waals surface area contributed by atoms with Crippen LogP contribution >= 0.6 is 44.3 Å². The Morgan fingerprint density at radius 1 is 1.35 bits per heavy atom. The summed E-state index contributed by atoms with van der Waals surface area (Å²) in [7, 11) is 0. The molecule has 1 atom stereocenters. The molecule has 0 amide bonds. The third kappa shape index (κ3) is 4.58. The lowest BCUT2D eigenvalue weighted by Crippen LogP contribution is -2.38. The van der Waals surface area contributed by atoms with Crippen molar-refractivity contribution in [2.24, 2.45) is 0 Å². The number of nitro groups is 1. The van der Waals surface area contributed by atoms with Crippen LogP contribution in [0.3, 0.4) is 0 Å². The van der Waals surface area contributed by atoms with E-state index < -0.39 is 4.92 Å².